The molecule has 0 bridgehead atoms. The number of fused-ring (bicyclic) bond motifs is 1. The van der Waals surface area contributed by atoms with E-state index in [1.54, 1.807) is 0 Å². The first-order valence-electron chi connectivity index (χ1n) is 11.1. The summed E-state index contributed by atoms with van der Waals surface area (Å²) in [5, 5.41) is 4.71. The maximum atomic E-state index is 4.77. The number of benzene rings is 1. The van der Waals surface area contributed by atoms with Crippen molar-refractivity contribution in [3.8, 4) is 22.4 Å². The molecule has 0 spiro atoms. The van der Waals surface area contributed by atoms with Crippen LogP contribution in [0, 0.1) is 20.8 Å². The van der Waals surface area contributed by atoms with E-state index < -0.39 is 0 Å². The fourth-order valence-corrected chi connectivity index (χ4v) is 4.60. The van der Waals surface area contributed by atoms with E-state index in [4.69, 9.17) is 4.98 Å². The highest BCUT2D eigenvalue weighted by Crippen LogP contribution is 2.33. The number of aromatic amines is 1. The van der Waals surface area contributed by atoms with E-state index in [9.17, 15) is 0 Å². The Kier molecular flexibility index (Phi) is 5.20. The fourth-order valence-electron chi connectivity index (χ4n) is 4.60. The number of hydrogen-bond acceptors (Lipinski definition) is 4. The molecule has 1 aromatic carbocycles. The number of H-pyrrole nitrogens is 1. The van der Waals surface area contributed by atoms with Crippen LogP contribution >= 0.6 is 0 Å². The number of aryl methyl sites for hydroxylation is 3. The number of nitrogens with one attached hydrogen (secondary N) is 2. The molecule has 0 radical (unpaired) electrons. The van der Waals surface area contributed by atoms with Crippen molar-refractivity contribution in [3.63, 3.8) is 0 Å². The van der Waals surface area contributed by atoms with E-state index in [1.165, 1.54) is 27.8 Å². The molecule has 5 rings (SSSR count). The molecule has 1 aliphatic heterocycles. The van der Waals surface area contributed by atoms with Crippen molar-refractivity contribution in [1.82, 2.24) is 20.3 Å². The van der Waals surface area contributed by atoms with Crippen LogP contribution in [0.5, 0.6) is 0 Å². The Morgan fingerprint density at radius 2 is 1.65 bits per heavy atom. The summed E-state index contributed by atoms with van der Waals surface area (Å²) in [6.45, 7) is 10.5. The second kappa shape index (κ2) is 8.16. The molecule has 5 nitrogen and oxygen atoms in total. The number of hydrogen-bond donors (Lipinski definition) is 2. The van der Waals surface area contributed by atoms with E-state index in [2.05, 4.69) is 69.6 Å². The highest BCUT2D eigenvalue weighted by atomic mass is 15.2. The zero-order chi connectivity index (χ0) is 21.4. The van der Waals surface area contributed by atoms with E-state index in [0.717, 1.165) is 60.9 Å². The van der Waals surface area contributed by atoms with Crippen molar-refractivity contribution in [2.45, 2.75) is 27.2 Å². The van der Waals surface area contributed by atoms with E-state index in [1.807, 2.05) is 20.0 Å². The third-order valence-electron chi connectivity index (χ3n) is 6.17. The Labute approximate surface area is 183 Å². The third kappa shape index (κ3) is 3.93. The van der Waals surface area contributed by atoms with Gasteiger partial charge in [-0.25, -0.2) is 4.98 Å². The molecular weight excluding hydrogens is 382 g/mol. The average Bonchev–Trinajstić information content (AvgIpc) is 2.93. The third-order valence-corrected chi connectivity index (χ3v) is 6.17. The van der Waals surface area contributed by atoms with Crippen molar-refractivity contribution in [1.29, 1.82) is 0 Å². The summed E-state index contributed by atoms with van der Waals surface area (Å²) in [5.74, 6) is 1.06. The predicted octanol–water partition coefficient (Wildman–Crippen LogP) is 5.02. The monoisotopic (exact) mass is 411 g/mol. The van der Waals surface area contributed by atoms with Crippen LogP contribution in [0.25, 0.3) is 33.3 Å². The molecule has 0 saturated carbocycles. The van der Waals surface area contributed by atoms with Gasteiger partial charge in [-0.15, -0.1) is 0 Å². The van der Waals surface area contributed by atoms with Crippen LogP contribution in [0.3, 0.4) is 0 Å². The molecule has 1 aliphatic rings. The van der Waals surface area contributed by atoms with Gasteiger partial charge in [0.2, 0.25) is 0 Å². The molecule has 1 fully saturated rings. The van der Waals surface area contributed by atoms with Crippen LogP contribution in [0.4, 0.5) is 5.82 Å². The molecule has 3 aromatic heterocycles. The molecule has 4 heterocycles. The van der Waals surface area contributed by atoms with E-state index in [0.29, 0.717) is 0 Å². The lowest BCUT2D eigenvalue weighted by molar-refractivity contribution is 0.724. The number of aromatic nitrogens is 3. The lowest BCUT2D eigenvalue weighted by Crippen LogP contribution is -2.28. The average molecular weight is 412 g/mol. The number of anilines is 1. The maximum Gasteiger partial charge on any atom is 0.128 e. The summed E-state index contributed by atoms with van der Waals surface area (Å²) in [4.78, 5) is 15.3. The molecular formula is C26H29N5. The van der Waals surface area contributed by atoms with Gasteiger partial charge in [0.25, 0.3) is 0 Å². The van der Waals surface area contributed by atoms with Gasteiger partial charge >= 0.3 is 0 Å². The lowest BCUT2D eigenvalue weighted by Gasteiger charge is -2.21. The van der Waals surface area contributed by atoms with Gasteiger partial charge in [0.05, 0.1) is 0 Å². The van der Waals surface area contributed by atoms with Crippen molar-refractivity contribution < 1.29 is 0 Å². The van der Waals surface area contributed by atoms with Gasteiger partial charge < -0.3 is 15.2 Å². The van der Waals surface area contributed by atoms with Crippen LogP contribution in [-0.4, -0.2) is 41.1 Å². The predicted molar refractivity (Wildman–Crippen MR) is 129 cm³/mol. The second-order valence-electron chi connectivity index (χ2n) is 8.52. The van der Waals surface area contributed by atoms with Gasteiger partial charge in [-0.2, -0.15) is 0 Å². The van der Waals surface area contributed by atoms with Crippen LogP contribution in [-0.2, 0) is 0 Å². The smallest absolute Gasteiger partial charge is 0.128 e. The fraction of sp³-hybridized carbons (Fsp3) is 0.308. The Morgan fingerprint density at radius 1 is 0.839 bits per heavy atom. The maximum absolute atomic E-state index is 4.77. The first-order valence-corrected chi connectivity index (χ1v) is 11.1. The quantitative estimate of drug-likeness (QED) is 0.497. The molecule has 0 aliphatic carbocycles. The molecule has 1 saturated heterocycles. The van der Waals surface area contributed by atoms with Gasteiger partial charge in [-0.1, -0.05) is 12.1 Å². The molecule has 5 heteroatoms. The Morgan fingerprint density at radius 3 is 2.42 bits per heavy atom. The van der Waals surface area contributed by atoms with Gasteiger partial charge in [-0.3, -0.25) is 4.98 Å². The minimum Gasteiger partial charge on any atom is -0.355 e. The molecule has 0 amide bonds. The Hall–Kier alpha value is -3.18. The zero-order valence-electron chi connectivity index (χ0n) is 18.5. The molecule has 0 unspecified atom stereocenters. The van der Waals surface area contributed by atoms with Gasteiger partial charge in [0.15, 0.2) is 0 Å². The van der Waals surface area contributed by atoms with Crippen LogP contribution in [0.2, 0.25) is 0 Å². The summed E-state index contributed by atoms with van der Waals surface area (Å²) in [5.41, 5.74) is 9.19. The summed E-state index contributed by atoms with van der Waals surface area (Å²) in [6.07, 6.45) is 3.16. The molecule has 2 N–H and O–H groups in total. The van der Waals surface area contributed by atoms with Crippen LogP contribution < -0.4 is 10.2 Å². The van der Waals surface area contributed by atoms with Crippen LogP contribution in [0.1, 0.15) is 23.4 Å². The van der Waals surface area contributed by atoms with Gasteiger partial charge in [0.1, 0.15) is 5.82 Å². The SMILES string of the molecule is Cc1cc(-c2[nH]c3cc(-c4ccc(N5CCCNCC5)nc4)ccc3c2C)cc(C)n1. The highest BCUT2D eigenvalue weighted by Gasteiger charge is 2.13. The van der Waals surface area contributed by atoms with Crippen LogP contribution in [0.15, 0.2) is 48.7 Å². The molecule has 158 valence electrons. The van der Waals surface area contributed by atoms with Crippen molar-refractivity contribution in [2.24, 2.45) is 0 Å². The second-order valence-corrected chi connectivity index (χ2v) is 8.52. The standard InChI is InChI=1S/C26H29N5/c1-17-13-22(14-18(2)29-17)26-19(3)23-7-5-20(15-24(23)30-26)21-6-8-25(28-16-21)31-11-4-9-27-10-12-31/h5-8,13-16,27,30H,4,9-12H2,1-3H3. The summed E-state index contributed by atoms with van der Waals surface area (Å²) in [7, 11) is 0. The summed E-state index contributed by atoms with van der Waals surface area (Å²) in [6, 6.07) is 15.3. The molecule has 4 aromatic rings. The first-order chi connectivity index (χ1) is 15.1. The Balaban J connectivity index is 1.47. The Bertz CT molecular complexity index is 1190. The van der Waals surface area contributed by atoms with Gasteiger partial charge in [-0.05, 0) is 75.2 Å². The van der Waals surface area contributed by atoms with E-state index >= 15 is 0 Å². The van der Waals surface area contributed by atoms with Crippen molar-refractivity contribution in [3.05, 3.63) is 65.6 Å². The molecule has 0 atom stereocenters. The lowest BCUT2D eigenvalue weighted by atomic mass is 10.0. The minimum atomic E-state index is 1.01. The summed E-state index contributed by atoms with van der Waals surface area (Å²) < 4.78 is 0. The number of rotatable bonds is 3. The number of nitrogens with zero attached hydrogens (tertiary/aromatic N) is 3. The molecule has 31 heavy (non-hydrogen) atoms. The normalized spacial score (nSPS) is 14.7. The summed E-state index contributed by atoms with van der Waals surface area (Å²) >= 11 is 0. The minimum absolute atomic E-state index is 1.01. The van der Waals surface area contributed by atoms with Gasteiger partial charge in [0, 0.05) is 64.9 Å². The van der Waals surface area contributed by atoms with Crippen molar-refractivity contribution >= 4 is 16.7 Å². The topological polar surface area (TPSA) is 56.8 Å². The number of pyridine rings is 2. The highest BCUT2D eigenvalue weighted by molar-refractivity contribution is 5.93. The van der Waals surface area contributed by atoms with E-state index in [-0.39, 0.29) is 0 Å². The first kappa shape index (κ1) is 19.8. The van der Waals surface area contributed by atoms with Crippen molar-refractivity contribution in [2.75, 3.05) is 31.1 Å². The largest absolute Gasteiger partial charge is 0.355 e. The zero-order valence-corrected chi connectivity index (χ0v) is 18.5.